The number of carbonyl (C=O) groups excluding carboxylic acids is 4. The summed E-state index contributed by atoms with van der Waals surface area (Å²) >= 11 is 0. The van der Waals surface area contributed by atoms with Crippen molar-refractivity contribution < 1.29 is 47.6 Å². The van der Waals surface area contributed by atoms with Crippen LogP contribution in [0.5, 0.6) is 5.75 Å². The van der Waals surface area contributed by atoms with E-state index in [0.29, 0.717) is 5.75 Å². The second-order valence-electron chi connectivity index (χ2n) is 7.29. The molecule has 1 aliphatic heterocycles. The molecule has 0 aromatic heterocycles. The first kappa shape index (κ1) is 25.1. The van der Waals surface area contributed by atoms with Gasteiger partial charge in [-0.05, 0) is 19.1 Å². The van der Waals surface area contributed by atoms with Gasteiger partial charge in [-0.3, -0.25) is 24.9 Å². The highest BCUT2D eigenvalue weighted by Gasteiger charge is 2.62. The molecule has 0 aliphatic carbocycles. The molecule has 5 unspecified atom stereocenters. The number of aryl methyl sites for hydroxylation is 1. The average molecular weight is 453 g/mol. The first-order valence-electron chi connectivity index (χ1n) is 9.77. The van der Waals surface area contributed by atoms with E-state index in [1.807, 2.05) is 6.92 Å². The van der Waals surface area contributed by atoms with E-state index in [-0.39, 0.29) is 6.61 Å². The van der Waals surface area contributed by atoms with Crippen LogP contribution in [0.2, 0.25) is 0 Å². The van der Waals surface area contributed by atoms with Crippen molar-refractivity contribution in [2.24, 2.45) is 5.73 Å². The minimum atomic E-state index is -2.21. The van der Waals surface area contributed by atoms with Crippen LogP contribution in [-0.2, 0) is 42.9 Å². The predicted molar refractivity (Wildman–Crippen MR) is 107 cm³/mol. The lowest BCUT2D eigenvalue weighted by molar-refractivity contribution is -0.325. The van der Waals surface area contributed by atoms with Crippen molar-refractivity contribution in [2.75, 3.05) is 6.61 Å². The molecule has 32 heavy (non-hydrogen) atoms. The third kappa shape index (κ3) is 6.41. The monoisotopic (exact) mass is 453 g/mol. The highest BCUT2D eigenvalue weighted by atomic mass is 16.7. The molecule has 0 bridgehead atoms. The van der Waals surface area contributed by atoms with Crippen molar-refractivity contribution in [3.63, 3.8) is 0 Å². The van der Waals surface area contributed by atoms with Crippen molar-refractivity contribution in [1.29, 1.82) is 0 Å². The van der Waals surface area contributed by atoms with E-state index in [2.05, 4.69) is 0 Å². The molecule has 0 amide bonds. The second-order valence-corrected chi connectivity index (χ2v) is 7.29. The molecule has 1 aliphatic rings. The summed E-state index contributed by atoms with van der Waals surface area (Å²) in [5.74, 6) is -2.70. The van der Waals surface area contributed by atoms with E-state index in [1.165, 1.54) is 6.92 Å². The lowest BCUT2D eigenvalue weighted by Gasteiger charge is -2.49. The van der Waals surface area contributed by atoms with Crippen molar-refractivity contribution in [3.05, 3.63) is 29.8 Å². The lowest BCUT2D eigenvalue weighted by atomic mass is 9.93. The quantitative estimate of drug-likeness (QED) is 0.354. The topological polar surface area (TPSA) is 150 Å². The largest absolute Gasteiger partial charge is 0.463 e. The smallest absolute Gasteiger partial charge is 0.304 e. The summed E-state index contributed by atoms with van der Waals surface area (Å²) in [6.45, 7) is 5.99. The number of carbonyl (C=O) groups is 4. The summed E-state index contributed by atoms with van der Waals surface area (Å²) in [6.07, 6.45) is -5.60. The van der Waals surface area contributed by atoms with Crippen molar-refractivity contribution >= 4 is 23.9 Å². The van der Waals surface area contributed by atoms with Crippen molar-refractivity contribution in [1.82, 2.24) is 0 Å². The fourth-order valence-electron chi connectivity index (χ4n) is 3.14. The molecule has 1 saturated heterocycles. The third-order valence-electron chi connectivity index (χ3n) is 4.41. The molecule has 5 atom stereocenters. The standard InChI is InChI=1S/C21H27NO10/c1-11-6-8-16(9-7-11)30-20-21(22,32-15(5)26)19(29-14(4)25)18(28-13(3)24)17(31-20)10-27-12(2)23/h6-9,17-20H,10,22H2,1-5H3. The van der Waals surface area contributed by atoms with Crippen LogP contribution in [0.1, 0.15) is 33.3 Å². The van der Waals surface area contributed by atoms with E-state index in [9.17, 15) is 19.2 Å². The Balaban J connectivity index is 2.53. The van der Waals surface area contributed by atoms with Crippen LogP contribution in [0.15, 0.2) is 24.3 Å². The van der Waals surface area contributed by atoms with E-state index in [4.69, 9.17) is 34.2 Å². The van der Waals surface area contributed by atoms with Gasteiger partial charge in [0.2, 0.25) is 6.10 Å². The summed E-state index contributed by atoms with van der Waals surface area (Å²) in [7, 11) is 0. The molecule has 176 valence electrons. The molecule has 1 aromatic rings. The average Bonchev–Trinajstić information content (AvgIpc) is 2.66. The van der Waals surface area contributed by atoms with Crippen LogP contribution in [0, 0.1) is 6.92 Å². The fourth-order valence-corrected chi connectivity index (χ4v) is 3.14. The number of rotatable bonds is 7. The van der Waals surface area contributed by atoms with Gasteiger partial charge in [0, 0.05) is 27.7 Å². The normalized spacial score (nSPS) is 27.1. The van der Waals surface area contributed by atoms with Crippen LogP contribution in [0.3, 0.4) is 0 Å². The molecule has 0 radical (unpaired) electrons. The summed E-state index contributed by atoms with van der Waals surface area (Å²) < 4.78 is 32.6. The highest BCUT2D eigenvalue weighted by molar-refractivity contribution is 5.69. The minimum Gasteiger partial charge on any atom is -0.463 e. The van der Waals surface area contributed by atoms with E-state index in [1.54, 1.807) is 24.3 Å². The maximum atomic E-state index is 11.9. The zero-order valence-electron chi connectivity index (χ0n) is 18.5. The van der Waals surface area contributed by atoms with Gasteiger partial charge in [-0.25, -0.2) is 0 Å². The van der Waals surface area contributed by atoms with E-state index < -0.39 is 54.2 Å². The summed E-state index contributed by atoms with van der Waals surface area (Å²) in [5, 5.41) is 0. The number of ether oxygens (including phenoxy) is 6. The molecule has 0 saturated carbocycles. The highest BCUT2D eigenvalue weighted by Crippen LogP contribution is 2.35. The maximum absolute atomic E-state index is 11.9. The Bertz CT molecular complexity index is 855. The van der Waals surface area contributed by atoms with Crippen LogP contribution in [-0.4, -0.2) is 60.8 Å². The van der Waals surface area contributed by atoms with E-state index >= 15 is 0 Å². The molecule has 1 aromatic carbocycles. The molecule has 2 rings (SSSR count). The Labute approximate surface area is 185 Å². The number of benzene rings is 1. The molecule has 1 fully saturated rings. The number of hydrogen-bond acceptors (Lipinski definition) is 11. The van der Waals surface area contributed by atoms with E-state index in [0.717, 1.165) is 26.3 Å². The Kier molecular flexibility index (Phi) is 8.17. The van der Waals surface area contributed by atoms with Gasteiger partial charge in [-0.2, -0.15) is 0 Å². The van der Waals surface area contributed by atoms with Gasteiger partial charge in [-0.1, -0.05) is 17.7 Å². The van der Waals surface area contributed by atoms with Gasteiger partial charge in [0.05, 0.1) is 0 Å². The predicted octanol–water partition coefficient (Wildman–Crippen LogP) is 0.743. The van der Waals surface area contributed by atoms with Crippen molar-refractivity contribution in [2.45, 2.75) is 64.9 Å². The number of hydrogen-bond donors (Lipinski definition) is 1. The molecule has 11 heteroatoms. The third-order valence-corrected chi connectivity index (χ3v) is 4.41. The number of esters is 4. The SMILES string of the molecule is CC(=O)OCC1OC(Oc2ccc(C)cc2)C(N)(OC(C)=O)C(OC(C)=O)C1OC(C)=O. The first-order valence-corrected chi connectivity index (χ1v) is 9.77. The molecular weight excluding hydrogens is 426 g/mol. The zero-order chi connectivity index (χ0) is 24.1. The Morgan fingerprint density at radius 3 is 2.03 bits per heavy atom. The van der Waals surface area contributed by atoms with Crippen LogP contribution >= 0.6 is 0 Å². The van der Waals surface area contributed by atoms with Crippen LogP contribution in [0.25, 0.3) is 0 Å². The fraction of sp³-hybridized carbons (Fsp3) is 0.524. The molecule has 1 heterocycles. The Hall–Kier alpha value is -3.18. The van der Waals surface area contributed by atoms with Crippen LogP contribution < -0.4 is 10.5 Å². The van der Waals surface area contributed by atoms with Gasteiger partial charge >= 0.3 is 23.9 Å². The van der Waals surface area contributed by atoms with Gasteiger partial charge in [0.25, 0.3) is 12.0 Å². The molecule has 2 N–H and O–H groups in total. The number of nitrogens with two attached hydrogens (primary N) is 1. The molecule has 0 spiro atoms. The maximum Gasteiger partial charge on any atom is 0.304 e. The summed E-state index contributed by atoms with van der Waals surface area (Å²) in [4.78, 5) is 46.9. The lowest BCUT2D eigenvalue weighted by Crippen LogP contribution is -2.75. The minimum absolute atomic E-state index is 0.307. The first-order chi connectivity index (χ1) is 14.9. The van der Waals surface area contributed by atoms with Gasteiger partial charge < -0.3 is 28.4 Å². The summed E-state index contributed by atoms with van der Waals surface area (Å²) in [6, 6.07) is 6.80. The Morgan fingerprint density at radius 1 is 0.938 bits per heavy atom. The van der Waals surface area contributed by atoms with Gasteiger partial charge in [-0.15, -0.1) is 0 Å². The Morgan fingerprint density at radius 2 is 1.53 bits per heavy atom. The zero-order valence-corrected chi connectivity index (χ0v) is 18.5. The van der Waals surface area contributed by atoms with Crippen molar-refractivity contribution in [3.8, 4) is 5.75 Å². The second kappa shape index (κ2) is 10.4. The summed E-state index contributed by atoms with van der Waals surface area (Å²) in [5.41, 5.74) is 5.14. The molecule has 11 nitrogen and oxygen atoms in total. The van der Waals surface area contributed by atoms with Gasteiger partial charge in [0.1, 0.15) is 18.5 Å². The van der Waals surface area contributed by atoms with Crippen LogP contribution in [0.4, 0.5) is 0 Å². The van der Waals surface area contributed by atoms with Gasteiger partial charge in [0.15, 0.2) is 6.10 Å². The molecular formula is C21H27NO10.